The number of nitrogen functional groups attached to an aromatic ring is 1. The number of aromatic nitrogens is 1. The molecule has 0 spiro atoms. The maximum Gasteiger partial charge on any atom is 0.292 e. The maximum atomic E-state index is 10.8. The van der Waals surface area contributed by atoms with E-state index >= 15 is 0 Å². The topological polar surface area (TPSA) is 95.2 Å². The Morgan fingerprint density at radius 2 is 2.12 bits per heavy atom. The van der Waals surface area contributed by atoms with E-state index in [1.54, 1.807) is 26.0 Å². The largest absolute Gasteiger partial charge is 0.393 e. The summed E-state index contributed by atoms with van der Waals surface area (Å²) in [4.78, 5) is 10.3. The first-order valence-electron chi connectivity index (χ1n) is 4.98. The van der Waals surface area contributed by atoms with Crippen LogP contribution >= 0.6 is 0 Å². The van der Waals surface area contributed by atoms with Crippen LogP contribution < -0.4 is 5.73 Å². The number of nitro benzene ring substituents is 1. The minimum Gasteiger partial charge on any atom is -0.393 e. The molecule has 1 heterocycles. The third-order valence-corrected chi connectivity index (χ3v) is 2.58. The van der Waals surface area contributed by atoms with Gasteiger partial charge in [0, 0.05) is 17.2 Å². The van der Waals surface area contributed by atoms with Crippen molar-refractivity contribution in [3.8, 4) is 11.1 Å². The first-order chi connectivity index (χ1) is 8.02. The number of rotatable bonds is 2. The quantitative estimate of drug-likeness (QED) is 0.488. The molecule has 17 heavy (non-hydrogen) atoms. The molecule has 0 amide bonds. The van der Waals surface area contributed by atoms with E-state index in [-0.39, 0.29) is 11.4 Å². The van der Waals surface area contributed by atoms with E-state index in [4.69, 9.17) is 10.3 Å². The summed E-state index contributed by atoms with van der Waals surface area (Å²) >= 11 is 0. The van der Waals surface area contributed by atoms with Gasteiger partial charge in [-0.3, -0.25) is 10.1 Å². The average molecular weight is 233 g/mol. The first-order valence-corrected chi connectivity index (χ1v) is 4.98. The Balaban J connectivity index is 2.69. The van der Waals surface area contributed by atoms with Crippen molar-refractivity contribution in [2.75, 3.05) is 5.73 Å². The molecule has 0 unspecified atom stereocenters. The Hall–Kier alpha value is -2.37. The van der Waals surface area contributed by atoms with Gasteiger partial charge in [-0.05, 0) is 13.8 Å². The lowest BCUT2D eigenvalue weighted by atomic mass is 10.0. The van der Waals surface area contributed by atoms with E-state index in [1.807, 2.05) is 0 Å². The number of benzene rings is 1. The van der Waals surface area contributed by atoms with Gasteiger partial charge in [-0.15, -0.1) is 0 Å². The molecule has 88 valence electrons. The second kappa shape index (κ2) is 3.89. The van der Waals surface area contributed by atoms with E-state index in [9.17, 15) is 10.1 Å². The molecule has 2 rings (SSSR count). The minimum absolute atomic E-state index is 0.109. The zero-order chi connectivity index (χ0) is 12.6. The monoisotopic (exact) mass is 233 g/mol. The summed E-state index contributed by atoms with van der Waals surface area (Å²) in [5.74, 6) is 0.592. The van der Waals surface area contributed by atoms with Gasteiger partial charge in [-0.1, -0.05) is 17.3 Å². The second-order valence-corrected chi connectivity index (χ2v) is 3.69. The van der Waals surface area contributed by atoms with E-state index in [1.165, 1.54) is 6.07 Å². The molecule has 0 saturated carbocycles. The molecule has 1 aromatic heterocycles. The number of nitro groups is 1. The molecule has 1 aromatic carbocycles. The second-order valence-electron chi connectivity index (χ2n) is 3.69. The lowest BCUT2D eigenvalue weighted by molar-refractivity contribution is -0.383. The molecule has 6 heteroatoms. The van der Waals surface area contributed by atoms with Crippen molar-refractivity contribution in [3.63, 3.8) is 0 Å². The number of nitrogens with two attached hydrogens (primary N) is 1. The molecule has 0 atom stereocenters. The van der Waals surface area contributed by atoms with Gasteiger partial charge in [0.05, 0.1) is 10.6 Å². The Kier molecular flexibility index (Phi) is 2.55. The average Bonchev–Trinajstić information content (AvgIpc) is 2.59. The smallest absolute Gasteiger partial charge is 0.292 e. The van der Waals surface area contributed by atoms with Crippen LogP contribution in [0.3, 0.4) is 0 Å². The molecule has 0 aliphatic rings. The highest BCUT2D eigenvalue weighted by molar-refractivity contribution is 5.84. The highest BCUT2D eigenvalue weighted by Crippen LogP contribution is 2.36. The van der Waals surface area contributed by atoms with Gasteiger partial charge in [0.15, 0.2) is 0 Å². The minimum atomic E-state index is -0.503. The summed E-state index contributed by atoms with van der Waals surface area (Å²) in [5, 5.41) is 14.6. The number of nitrogens with zero attached hydrogens (tertiary/aromatic N) is 2. The van der Waals surface area contributed by atoms with Crippen LogP contribution in [0.4, 0.5) is 11.4 Å². The van der Waals surface area contributed by atoms with Crippen molar-refractivity contribution in [1.82, 2.24) is 5.16 Å². The van der Waals surface area contributed by atoms with Crippen molar-refractivity contribution in [1.29, 1.82) is 0 Å². The zero-order valence-electron chi connectivity index (χ0n) is 9.43. The van der Waals surface area contributed by atoms with Crippen LogP contribution in [0.1, 0.15) is 11.5 Å². The fourth-order valence-corrected chi connectivity index (χ4v) is 1.80. The summed E-state index contributed by atoms with van der Waals surface area (Å²) in [6.07, 6.45) is 0. The van der Waals surface area contributed by atoms with Gasteiger partial charge >= 0.3 is 0 Å². The number of aryl methyl sites for hydroxylation is 2. The molecule has 2 N–H and O–H groups in total. The van der Waals surface area contributed by atoms with Gasteiger partial charge in [-0.25, -0.2) is 0 Å². The molecule has 6 nitrogen and oxygen atoms in total. The zero-order valence-corrected chi connectivity index (χ0v) is 9.43. The Labute approximate surface area is 97.2 Å². The lowest BCUT2D eigenvalue weighted by Gasteiger charge is -2.05. The van der Waals surface area contributed by atoms with Crippen molar-refractivity contribution < 1.29 is 9.45 Å². The fraction of sp³-hybridized carbons (Fsp3) is 0.182. The van der Waals surface area contributed by atoms with Gasteiger partial charge in [-0.2, -0.15) is 0 Å². The predicted molar refractivity (Wildman–Crippen MR) is 62.5 cm³/mol. The fourth-order valence-electron chi connectivity index (χ4n) is 1.80. The van der Waals surface area contributed by atoms with Gasteiger partial charge in [0.1, 0.15) is 11.4 Å². The van der Waals surface area contributed by atoms with Crippen LogP contribution in [0.5, 0.6) is 0 Å². The van der Waals surface area contributed by atoms with E-state index in [0.29, 0.717) is 22.6 Å². The van der Waals surface area contributed by atoms with Crippen LogP contribution in [0, 0.1) is 24.0 Å². The van der Waals surface area contributed by atoms with Crippen molar-refractivity contribution >= 4 is 11.4 Å². The molecule has 0 bridgehead atoms. The first kappa shape index (κ1) is 11.1. The molecule has 0 saturated heterocycles. The molecule has 2 aromatic rings. The number of para-hydroxylation sites is 1. The van der Waals surface area contributed by atoms with Crippen molar-refractivity contribution in [2.45, 2.75) is 13.8 Å². The molecule has 0 radical (unpaired) electrons. The van der Waals surface area contributed by atoms with Crippen LogP contribution in [0.2, 0.25) is 0 Å². The summed E-state index contributed by atoms with van der Waals surface area (Å²) in [7, 11) is 0. The van der Waals surface area contributed by atoms with E-state index in [2.05, 4.69) is 5.16 Å². The van der Waals surface area contributed by atoms with Gasteiger partial charge in [0.25, 0.3) is 5.69 Å². The standard InChI is InChI=1S/C11H11N3O3/c1-6-10(7(2)17-13-6)8-4-3-5-9(11(8)12)14(15)16/h3-5H,12H2,1-2H3. The van der Waals surface area contributed by atoms with Crippen molar-refractivity contribution in [2.24, 2.45) is 0 Å². The summed E-state index contributed by atoms with van der Waals surface area (Å²) in [5.41, 5.74) is 7.78. The normalized spacial score (nSPS) is 10.5. The summed E-state index contributed by atoms with van der Waals surface area (Å²) < 4.78 is 5.03. The van der Waals surface area contributed by atoms with Crippen LogP contribution in [-0.2, 0) is 0 Å². The third-order valence-electron chi connectivity index (χ3n) is 2.58. The van der Waals surface area contributed by atoms with E-state index in [0.717, 1.165) is 0 Å². The lowest BCUT2D eigenvalue weighted by Crippen LogP contribution is -1.98. The Morgan fingerprint density at radius 3 is 2.65 bits per heavy atom. The van der Waals surface area contributed by atoms with Crippen LogP contribution in [0.15, 0.2) is 22.7 Å². The maximum absolute atomic E-state index is 10.8. The number of hydrogen-bond acceptors (Lipinski definition) is 5. The Morgan fingerprint density at radius 1 is 1.41 bits per heavy atom. The number of hydrogen-bond donors (Lipinski definition) is 1. The van der Waals surface area contributed by atoms with E-state index < -0.39 is 4.92 Å². The third kappa shape index (κ3) is 1.73. The molecule has 0 fully saturated rings. The number of anilines is 1. The van der Waals surface area contributed by atoms with Crippen molar-refractivity contribution in [3.05, 3.63) is 39.8 Å². The summed E-state index contributed by atoms with van der Waals surface area (Å²) in [6.45, 7) is 3.51. The highest BCUT2D eigenvalue weighted by Gasteiger charge is 2.20. The molecule has 0 aliphatic heterocycles. The van der Waals surface area contributed by atoms with Crippen LogP contribution in [0.25, 0.3) is 11.1 Å². The van der Waals surface area contributed by atoms with Gasteiger partial charge in [0.2, 0.25) is 0 Å². The van der Waals surface area contributed by atoms with Gasteiger partial charge < -0.3 is 10.3 Å². The SMILES string of the molecule is Cc1noc(C)c1-c1cccc([N+](=O)[O-])c1N. The Bertz CT molecular complexity index is 570. The molecule has 0 aliphatic carbocycles. The molecular formula is C11H11N3O3. The highest BCUT2D eigenvalue weighted by atomic mass is 16.6. The predicted octanol–water partition coefficient (Wildman–Crippen LogP) is 2.45. The molecular weight excluding hydrogens is 222 g/mol. The van der Waals surface area contributed by atoms with Crippen LogP contribution in [-0.4, -0.2) is 10.1 Å². The summed E-state index contributed by atoms with van der Waals surface area (Å²) in [6, 6.07) is 4.68.